The summed E-state index contributed by atoms with van der Waals surface area (Å²) in [6.07, 6.45) is 1.51. The normalized spacial score (nSPS) is 15.8. The van der Waals surface area contributed by atoms with E-state index in [9.17, 15) is 22.0 Å². The number of hydrogen-bond acceptors (Lipinski definition) is 3. The molecule has 19 heavy (non-hydrogen) atoms. The van der Waals surface area contributed by atoms with Crippen molar-refractivity contribution in [1.29, 1.82) is 0 Å². The van der Waals surface area contributed by atoms with Crippen molar-refractivity contribution in [3.63, 3.8) is 0 Å². The van der Waals surface area contributed by atoms with E-state index >= 15 is 0 Å². The fraction of sp³-hybridized carbons (Fsp3) is 0.364. The van der Waals surface area contributed by atoms with Gasteiger partial charge in [0.25, 0.3) is 5.91 Å². The van der Waals surface area contributed by atoms with E-state index in [1.165, 1.54) is 4.90 Å². The van der Waals surface area contributed by atoms with Gasteiger partial charge in [-0.25, -0.2) is 22.3 Å². The number of carbonyl (C=O) groups is 1. The van der Waals surface area contributed by atoms with Crippen molar-refractivity contribution in [3.8, 4) is 0 Å². The number of nitrogens with two attached hydrogens (primary N) is 1. The number of carbonyl (C=O) groups excluding carboxylic acids is 1. The Morgan fingerprint density at radius 3 is 2.32 bits per heavy atom. The summed E-state index contributed by atoms with van der Waals surface area (Å²) < 4.78 is 49.9. The molecule has 1 saturated heterocycles. The fourth-order valence-corrected chi connectivity index (χ4v) is 2.64. The first-order valence-corrected chi connectivity index (χ1v) is 7.17. The first kappa shape index (κ1) is 13.9. The van der Waals surface area contributed by atoms with Crippen molar-refractivity contribution in [3.05, 3.63) is 29.3 Å². The second-order valence-corrected chi connectivity index (χ2v) is 5.81. The van der Waals surface area contributed by atoms with E-state index in [0.29, 0.717) is 19.2 Å². The lowest BCUT2D eigenvalue weighted by Gasteiger charge is -2.16. The number of sulfonamides is 1. The number of amides is 1. The number of rotatable bonds is 2. The molecular formula is C11H12F2N2O3S. The number of nitrogens with zero attached hydrogens (tertiary/aromatic N) is 1. The van der Waals surface area contributed by atoms with Gasteiger partial charge in [0.15, 0.2) is 5.82 Å². The Morgan fingerprint density at radius 2 is 1.79 bits per heavy atom. The maximum Gasteiger partial charge on any atom is 0.259 e. The molecule has 5 nitrogen and oxygen atoms in total. The van der Waals surface area contributed by atoms with Crippen molar-refractivity contribution < 1.29 is 22.0 Å². The van der Waals surface area contributed by atoms with Crippen molar-refractivity contribution in [2.45, 2.75) is 17.7 Å². The Balaban J connectivity index is 2.53. The summed E-state index contributed by atoms with van der Waals surface area (Å²) in [5.74, 6) is -3.38. The van der Waals surface area contributed by atoms with E-state index in [0.717, 1.165) is 18.9 Å². The van der Waals surface area contributed by atoms with Crippen molar-refractivity contribution in [2.24, 2.45) is 5.14 Å². The molecule has 1 aromatic carbocycles. The zero-order chi connectivity index (χ0) is 14.2. The van der Waals surface area contributed by atoms with Crippen molar-refractivity contribution in [1.82, 2.24) is 4.90 Å². The molecule has 0 spiro atoms. The number of likely N-dealkylation sites (tertiary alicyclic amines) is 1. The van der Waals surface area contributed by atoms with Gasteiger partial charge in [-0.15, -0.1) is 0 Å². The van der Waals surface area contributed by atoms with Crippen LogP contribution in [0, 0.1) is 11.6 Å². The van der Waals surface area contributed by atoms with Crippen molar-refractivity contribution >= 4 is 15.9 Å². The minimum Gasteiger partial charge on any atom is -0.338 e. The smallest absolute Gasteiger partial charge is 0.259 e. The van der Waals surface area contributed by atoms with Gasteiger partial charge >= 0.3 is 0 Å². The third-order valence-electron chi connectivity index (χ3n) is 2.97. The van der Waals surface area contributed by atoms with E-state index in [2.05, 4.69) is 0 Å². The van der Waals surface area contributed by atoms with Crippen LogP contribution in [-0.2, 0) is 10.0 Å². The van der Waals surface area contributed by atoms with Gasteiger partial charge in [-0.1, -0.05) is 0 Å². The van der Waals surface area contributed by atoms with Crippen LogP contribution in [0.2, 0.25) is 0 Å². The summed E-state index contributed by atoms with van der Waals surface area (Å²) in [6.45, 7) is 0.800. The summed E-state index contributed by atoms with van der Waals surface area (Å²) in [7, 11) is -4.34. The average molecular weight is 290 g/mol. The van der Waals surface area contributed by atoms with Gasteiger partial charge in [0.1, 0.15) is 16.3 Å². The predicted molar refractivity (Wildman–Crippen MR) is 62.9 cm³/mol. The maximum atomic E-state index is 14.0. The molecule has 1 aliphatic rings. The molecule has 2 N–H and O–H groups in total. The Morgan fingerprint density at radius 1 is 1.21 bits per heavy atom. The monoisotopic (exact) mass is 290 g/mol. The van der Waals surface area contributed by atoms with E-state index in [1.54, 1.807) is 0 Å². The van der Waals surface area contributed by atoms with Gasteiger partial charge in [0, 0.05) is 13.1 Å². The summed E-state index contributed by atoms with van der Waals surface area (Å²) in [6, 6.07) is 1.44. The zero-order valence-corrected chi connectivity index (χ0v) is 10.7. The standard InChI is InChI=1S/C11H12F2N2O3S/c12-7-3-4-8(19(14,17)18)10(13)9(7)11(16)15-5-1-2-6-15/h3-4H,1-2,5-6H2,(H2,14,17,18). The largest absolute Gasteiger partial charge is 0.338 e. The van der Waals surface area contributed by atoms with Crippen molar-refractivity contribution in [2.75, 3.05) is 13.1 Å². The molecule has 1 amide bonds. The highest BCUT2D eigenvalue weighted by Crippen LogP contribution is 2.23. The molecular weight excluding hydrogens is 278 g/mol. The summed E-state index contributed by atoms with van der Waals surface area (Å²) in [5, 5.41) is 4.82. The second-order valence-electron chi connectivity index (χ2n) is 4.28. The van der Waals surface area contributed by atoms with E-state index in [4.69, 9.17) is 5.14 Å². The number of benzene rings is 1. The number of halogens is 2. The summed E-state index contributed by atoms with van der Waals surface area (Å²) in [4.78, 5) is 12.4. The van der Waals surface area contributed by atoms with Crippen LogP contribution in [0.25, 0.3) is 0 Å². The first-order chi connectivity index (χ1) is 8.82. The molecule has 0 unspecified atom stereocenters. The molecule has 8 heteroatoms. The lowest BCUT2D eigenvalue weighted by molar-refractivity contribution is 0.0782. The van der Waals surface area contributed by atoms with Crippen LogP contribution in [0.15, 0.2) is 17.0 Å². The van der Waals surface area contributed by atoms with Gasteiger partial charge in [0.2, 0.25) is 10.0 Å². The van der Waals surface area contributed by atoms with Crippen LogP contribution in [0.5, 0.6) is 0 Å². The Bertz CT molecular complexity index is 625. The molecule has 0 saturated carbocycles. The third kappa shape index (κ3) is 2.59. The van der Waals surface area contributed by atoms with Crippen LogP contribution in [0.4, 0.5) is 8.78 Å². The van der Waals surface area contributed by atoms with Crippen LogP contribution >= 0.6 is 0 Å². The molecule has 1 fully saturated rings. The highest BCUT2D eigenvalue weighted by Gasteiger charge is 2.29. The van der Waals surface area contributed by atoms with Gasteiger partial charge in [-0.2, -0.15) is 0 Å². The zero-order valence-electron chi connectivity index (χ0n) is 9.90. The highest BCUT2D eigenvalue weighted by molar-refractivity contribution is 7.89. The second kappa shape index (κ2) is 4.86. The van der Waals surface area contributed by atoms with Crippen LogP contribution < -0.4 is 5.14 Å². The fourth-order valence-electron chi connectivity index (χ4n) is 2.03. The average Bonchev–Trinajstić information content (AvgIpc) is 2.80. The molecule has 0 radical (unpaired) electrons. The SMILES string of the molecule is NS(=O)(=O)c1ccc(F)c(C(=O)N2CCCC2)c1F. The molecule has 0 aromatic heterocycles. The molecule has 104 valence electrons. The van der Waals surface area contributed by atoms with Gasteiger partial charge < -0.3 is 4.90 Å². The highest BCUT2D eigenvalue weighted by atomic mass is 32.2. The Labute approximate surface area is 109 Å². The Kier molecular flexibility index (Phi) is 3.55. The van der Waals surface area contributed by atoms with Gasteiger partial charge in [-0.05, 0) is 25.0 Å². The van der Waals surface area contributed by atoms with E-state index in [1.807, 2.05) is 0 Å². The first-order valence-electron chi connectivity index (χ1n) is 5.62. The minimum absolute atomic E-state index is 0.400. The minimum atomic E-state index is -4.34. The van der Waals surface area contributed by atoms with Crippen LogP contribution in [-0.4, -0.2) is 32.3 Å². The summed E-state index contributed by atoms with van der Waals surface area (Å²) in [5.41, 5.74) is -0.867. The van der Waals surface area contributed by atoms with E-state index in [-0.39, 0.29) is 0 Å². The third-order valence-corrected chi connectivity index (χ3v) is 3.90. The Hall–Kier alpha value is -1.54. The lowest BCUT2D eigenvalue weighted by Crippen LogP contribution is -2.30. The quantitative estimate of drug-likeness (QED) is 0.876. The van der Waals surface area contributed by atoms with E-state index < -0.39 is 38.0 Å². The molecule has 1 heterocycles. The number of hydrogen-bond donors (Lipinski definition) is 1. The topological polar surface area (TPSA) is 80.5 Å². The molecule has 0 aliphatic carbocycles. The van der Waals surface area contributed by atoms with Gasteiger partial charge in [-0.3, -0.25) is 4.79 Å². The van der Waals surface area contributed by atoms with Crippen LogP contribution in [0.1, 0.15) is 23.2 Å². The molecule has 1 aromatic rings. The molecule has 0 atom stereocenters. The van der Waals surface area contributed by atoms with Crippen LogP contribution in [0.3, 0.4) is 0 Å². The number of primary sulfonamides is 1. The molecule has 0 bridgehead atoms. The van der Waals surface area contributed by atoms with Gasteiger partial charge in [0.05, 0.1) is 0 Å². The lowest BCUT2D eigenvalue weighted by atomic mass is 10.1. The molecule has 1 aliphatic heterocycles. The predicted octanol–water partition coefficient (Wildman–Crippen LogP) is 0.848. The summed E-state index contributed by atoms with van der Waals surface area (Å²) >= 11 is 0. The maximum absolute atomic E-state index is 14.0. The molecule has 2 rings (SSSR count).